The van der Waals surface area contributed by atoms with Crippen molar-refractivity contribution < 1.29 is 17.7 Å². The molecule has 0 bridgehead atoms. The van der Waals surface area contributed by atoms with Gasteiger partial charge in [-0.1, -0.05) is 11.2 Å². The maximum atomic E-state index is 13.5. The Labute approximate surface area is 177 Å². The van der Waals surface area contributed by atoms with Crippen molar-refractivity contribution in [2.45, 2.75) is 31.7 Å². The Balaban J connectivity index is 1.07. The Morgan fingerprint density at radius 1 is 1.13 bits per heavy atom. The summed E-state index contributed by atoms with van der Waals surface area (Å²) in [5, 5.41) is 12.4. The van der Waals surface area contributed by atoms with Crippen LogP contribution in [0.25, 0.3) is 23.0 Å². The van der Waals surface area contributed by atoms with E-state index in [1.165, 1.54) is 12.1 Å². The predicted octanol–water partition coefficient (Wildman–Crippen LogP) is 4.29. The summed E-state index contributed by atoms with van der Waals surface area (Å²) < 4.78 is 30.1. The van der Waals surface area contributed by atoms with E-state index in [9.17, 15) is 4.39 Å². The van der Waals surface area contributed by atoms with Gasteiger partial charge in [0.2, 0.25) is 23.5 Å². The lowest BCUT2D eigenvalue weighted by molar-refractivity contribution is 0.144. The largest absolute Gasteiger partial charge is 0.461 e. The summed E-state index contributed by atoms with van der Waals surface area (Å²) in [4.78, 5) is 6.75. The van der Waals surface area contributed by atoms with E-state index in [2.05, 4.69) is 25.2 Å². The van der Waals surface area contributed by atoms with Crippen molar-refractivity contribution in [1.82, 2.24) is 25.2 Å². The number of furan rings is 1. The van der Waals surface area contributed by atoms with Gasteiger partial charge < -0.3 is 13.4 Å². The second-order valence-electron chi connectivity index (χ2n) is 8.34. The lowest BCUT2D eigenvalue weighted by Crippen LogP contribution is -2.34. The molecule has 31 heavy (non-hydrogen) atoms. The van der Waals surface area contributed by atoms with Gasteiger partial charge in [0.05, 0.1) is 12.8 Å². The number of halogens is 1. The average molecular weight is 421 g/mol. The molecule has 1 aliphatic heterocycles. The highest BCUT2D eigenvalue weighted by Gasteiger charge is 2.58. The molecular weight excluding hydrogens is 401 g/mol. The van der Waals surface area contributed by atoms with Gasteiger partial charge in [-0.2, -0.15) is 4.98 Å². The van der Waals surface area contributed by atoms with Crippen LogP contribution >= 0.6 is 0 Å². The van der Waals surface area contributed by atoms with Crippen molar-refractivity contribution in [1.29, 1.82) is 0 Å². The van der Waals surface area contributed by atoms with Gasteiger partial charge in [-0.15, -0.1) is 10.2 Å². The van der Waals surface area contributed by atoms with E-state index >= 15 is 0 Å². The second-order valence-corrected chi connectivity index (χ2v) is 8.34. The molecule has 1 saturated carbocycles. The Hall–Kier alpha value is -3.33. The molecule has 6 rings (SSSR count). The minimum Gasteiger partial charge on any atom is -0.461 e. The Morgan fingerprint density at radius 3 is 2.84 bits per heavy atom. The molecule has 1 spiro atoms. The van der Waals surface area contributed by atoms with Crippen LogP contribution < -0.4 is 0 Å². The third-order valence-corrected chi connectivity index (χ3v) is 6.42. The molecule has 0 amide bonds. The average Bonchev–Trinajstić information content (AvgIpc) is 3.30. The molecule has 1 aromatic carbocycles. The molecule has 2 aliphatic rings. The molecule has 158 valence electrons. The van der Waals surface area contributed by atoms with Crippen LogP contribution in [0.2, 0.25) is 0 Å². The van der Waals surface area contributed by atoms with Crippen LogP contribution in [-0.4, -0.2) is 38.3 Å². The van der Waals surface area contributed by atoms with E-state index in [4.69, 9.17) is 13.4 Å². The van der Waals surface area contributed by atoms with Crippen molar-refractivity contribution in [2.24, 2.45) is 5.41 Å². The highest BCUT2D eigenvalue weighted by molar-refractivity contribution is 5.52. The van der Waals surface area contributed by atoms with Gasteiger partial charge >= 0.3 is 0 Å². The molecular formula is C22H20FN5O3. The van der Waals surface area contributed by atoms with Crippen molar-refractivity contribution in [2.75, 3.05) is 13.1 Å². The van der Waals surface area contributed by atoms with Crippen LogP contribution in [-0.2, 0) is 6.54 Å². The van der Waals surface area contributed by atoms with Crippen LogP contribution in [0.4, 0.5) is 4.39 Å². The number of benzene rings is 1. The number of aromatic nitrogens is 4. The fraction of sp³-hybridized carbons (Fsp3) is 0.364. The topological polar surface area (TPSA) is 94.2 Å². The molecule has 4 heterocycles. The Morgan fingerprint density at radius 2 is 2.03 bits per heavy atom. The van der Waals surface area contributed by atoms with Gasteiger partial charge in [-0.3, -0.25) is 4.90 Å². The smallest absolute Gasteiger partial charge is 0.247 e. The quantitative estimate of drug-likeness (QED) is 0.471. The molecule has 0 N–H and O–H groups in total. The number of piperidine rings is 1. The molecule has 8 nitrogen and oxygen atoms in total. The summed E-state index contributed by atoms with van der Waals surface area (Å²) >= 11 is 0. The van der Waals surface area contributed by atoms with E-state index in [-0.39, 0.29) is 17.2 Å². The standard InChI is InChI=1S/C22H20FN5O3/c23-15-4-1-3-14(11-15)20-25-26-21(30-20)16-12-22(16)6-8-28(9-7-22)13-18-24-19(27-31-18)17-5-2-10-29-17/h1-5,10-11,16H,6-9,12-13H2/t16-/m1/s1. The normalized spacial score (nSPS) is 20.4. The number of nitrogens with zero attached hydrogens (tertiary/aromatic N) is 5. The first-order valence-corrected chi connectivity index (χ1v) is 10.4. The van der Waals surface area contributed by atoms with Crippen molar-refractivity contribution in [3.63, 3.8) is 0 Å². The van der Waals surface area contributed by atoms with E-state index < -0.39 is 0 Å². The zero-order chi connectivity index (χ0) is 20.8. The summed E-state index contributed by atoms with van der Waals surface area (Å²) in [6, 6.07) is 9.83. The van der Waals surface area contributed by atoms with Gasteiger partial charge in [0.1, 0.15) is 5.82 Å². The molecule has 1 aliphatic carbocycles. The number of hydrogen-bond donors (Lipinski definition) is 0. The molecule has 9 heteroatoms. The lowest BCUT2D eigenvalue weighted by Gasteiger charge is -2.31. The van der Waals surface area contributed by atoms with E-state index in [0.717, 1.165) is 32.4 Å². The first-order chi connectivity index (χ1) is 15.2. The van der Waals surface area contributed by atoms with Crippen LogP contribution in [0, 0.1) is 11.2 Å². The minimum atomic E-state index is -0.315. The van der Waals surface area contributed by atoms with Crippen molar-refractivity contribution >= 4 is 0 Å². The van der Waals surface area contributed by atoms with Gasteiger partial charge in [0, 0.05) is 11.5 Å². The van der Waals surface area contributed by atoms with E-state index in [0.29, 0.717) is 41.4 Å². The lowest BCUT2D eigenvalue weighted by atomic mass is 9.91. The van der Waals surface area contributed by atoms with Crippen molar-refractivity contribution in [3.8, 4) is 23.0 Å². The Kier molecular flexibility index (Phi) is 4.24. The fourth-order valence-corrected chi connectivity index (χ4v) is 4.54. The maximum Gasteiger partial charge on any atom is 0.247 e. The van der Waals surface area contributed by atoms with Gasteiger partial charge in [0.15, 0.2) is 5.76 Å². The highest BCUT2D eigenvalue weighted by Crippen LogP contribution is 2.64. The second kappa shape index (κ2) is 7.12. The summed E-state index contributed by atoms with van der Waals surface area (Å²) in [6.07, 6.45) is 4.74. The van der Waals surface area contributed by atoms with Gasteiger partial charge in [-0.25, -0.2) is 4.39 Å². The zero-order valence-electron chi connectivity index (χ0n) is 16.7. The summed E-state index contributed by atoms with van der Waals surface area (Å²) in [6.45, 7) is 2.51. The first-order valence-electron chi connectivity index (χ1n) is 10.4. The summed E-state index contributed by atoms with van der Waals surface area (Å²) in [7, 11) is 0. The number of likely N-dealkylation sites (tertiary alicyclic amines) is 1. The Bertz CT molecular complexity index is 1190. The monoisotopic (exact) mass is 421 g/mol. The summed E-state index contributed by atoms with van der Waals surface area (Å²) in [5.41, 5.74) is 0.827. The molecule has 4 aromatic rings. The van der Waals surface area contributed by atoms with Crippen molar-refractivity contribution in [3.05, 3.63) is 60.3 Å². The number of hydrogen-bond acceptors (Lipinski definition) is 8. The molecule has 2 fully saturated rings. The van der Waals surface area contributed by atoms with Crippen LogP contribution in [0.5, 0.6) is 0 Å². The molecule has 0 radical (unpaired) electrons. The molecule has 1 saturated heterocycles. The molecule has 0 unspecified atom stereocenters. The van der Waals surface area contributed by atoms with E-state index in [1.54, 1.807) is 24.5 Å². The third kappa shape index (κ3) is 3.44. The third-order valence-electron chi connectivity index (χ3n) is 6.42. The minimum absolute atomic E-state index is 0.219. The number of rotatable bonds is 5. The van der Waals surface area contributed by atoms with Crippen LogP contribution in [0.15, 0.2) is 56.0 Å². The SMILES string of the molecule is Fc1cccc(-c2nnc([C@H]3CC34CCN(Cc3nc(-c5ccco5)no3)CC4)o2)c1. The molecule has 3 aromatic heterocycles. The fourth-order valence-electron chi connectivity index (χ4n) is 4.54. The highest BCUT2D eigenvalue weighted by atomic mass is 19.1. The maximum absolute atomic E-state index is 13.5. The van der Waals surface area contributed by atoms with Crippen LogP contribution in [0.1, 0.15) is 37.0 Å². The zero-order valence-corrected chi connectivity index (χ0v) is 16.7. The van der Waals surface area contributed by atoms with E-state index in [1.807, 2.05) is 6.07 Å². The first kappa shape index (κ1) is 18.4. The summed E-state index contributed by atoms with van der Waals surface area (Å²) in [5.74, 6) is 2.66. The van der Waals surface area contributed by atoms with Gasteiger partial charge in [-0.05, 0) is 68.1 Å². The predicted molar refractivity (Wildman–Crippen MR) is 106 cm³/mol. The molecule has 1 atom stereocenters. The van der Waals surface area contributed by atoms with Crippen LogP contribution in [0.3, 0.4) is 0 Å². The van der Waals surface area contributed by atoms with Gasteiger partial charge in [0.25, 0.3) is 0 Å².